The van der Waals surface area contributed by atoms with E-state index in [1.807, 2.05) is 0 Å². The molecule has 2 aromatic rings. The Balaban J connectivity index is 1.85. The molecule has 1 aromatic heterocycles. The Bertz CT molecular complexity index is 847. The van der Waals surface area contributed by atoms with E-state index in [9.17, 15) is 19.5 Å². The van der Waals surface area contributed by atoms with Crippen LogP contribution in [0.25, 0.3) is 10.9 Å². The summed E-state index contributed by atoms with van der Waals surface area (Å²) < 4.78 is 6.36. The number of hydrogen-bond acceptors (Lipinski definition) is 5. The van der Waals surface area contributed by atoms with Crippen LogP contribution in [0.3, 0.4) is 0 Å². The van der Waals surface area contributed by atoms with E-state index in [0.29, 0.717) is 10.9 Å². The number of hydrogen-bond donors (Lipinski definition) is 1. The van der Waals surface area contributed by atoms with Gasteiger partial charge in [-0.3, -0.25) is 14.2 Å². The van der Waals surface area contributed by atoms with E-state index in [1.54, 1.807) is 24.3 Å². The number of carbonyl (C=O) groups is 2. The zero-order valence-corrected chi connectivity index (χ0v) is 13.1. The Morgan fingerprint density at radius 1 is 1.38 bits per heavy atom. The van der Waals surface area contributed by atoms with Crippen molar-refractivity contribution >= 4 is 22.8 Å². The number of para-hydroxylation sites is 1. The van der Waals surface area contributed by atoms with E-state index in [1.165, 1.54) is 22.9 Å². The molecule has 1 amide bonds. The van der Waals surface area contributed by atoms with E-state index in [2.05, 4.69) is 4.98 Å². The molecule has 1 saturated heterocycles. The predicted octanol–water partition coefficient (Wildman–Crippen LogP) is 0.0970. The number of carboxylic acids is 1. The van der Waals surface area contributed by atoms with Crippen LogP contribution in [0, 0.1) is 0 Å². The molecule has 1 aromatic carbocycles. The van der Waals surface area contributed by atoms with Gasteiger partial charge in [-0.05, 0) is 12.1 Å². The summed E-state index contributed by atoms with van der Waals surface area (Å²) in [6.45, 7) is -0.0566. The van der Waals surface area contributed by atoms with Crippen molar-refractivity contribution in [2.24, 2.45) is 0 Å². The highest BCUT2D eigenvalue weighted by Crippen LogP contribution is 2.20. The number of nitrogens with zero attached hydrogens (tertiary/aromatic N) is 3. The molecule has 0 bridgehead atoms. The predicted molar refractivity (Wildman–Crippen MR) is 84.6 cm³/mol. The number of methoxy groups -OCH3 is 1. The fourth-order valence-corrected chi connectivity index (χ4v) is 2.93. The summed E-state index contributed by atoms with van der Waals surface area (Å²) in [4.78, 5) is 41.7. The fourth-order valence-electron chi connectivity index (χ4n) is 2.93. The Morgan fingerprint density at radius 2 is 2.12 bits per heavy atom. The molecule has 8 nitrogen and oxygen atoms in total. The molecule has 8 heteroatoms. The number of fused-ring (bicyclic) bond motifs is 1. The van der Waals surface area contributed by atoms with Gasteiger partial charge < -0.3 is 14.7 Å². The summed E-state index contributed by atoms with van der Waals surface area (Å²) in [6, 6.07) is 5.92. The van der Waals surface area contributed by atoms with Gasteiger partial charge >= 0.3 is 5.97 Å². The second kappa shape index (κ2) is 6.40. The molecule has 0 aliphatic carbocycles. The highest BCUT2D eigenvalue weighted by Gasteiger charge is 2.39. The van der Waals surface area contributed by atoms with Crippen LogP contribution < -0.4 is 5.56 Å². The van der Waals surface area contributed by atoms with Crippen LogP contribution in [0.1, 0.15) is 6.42 Å². The van der Waals surface area contributed by atoms with Crippen molar-refractivity contribution in [1.82, 2.24) is 14.5 Å². The first-order chi connectivity index (χ1) is 11.5. The highest BCUT2D eigenvalue weighted by atomic mass is 16.5. The maximum absolute atomic E-state index is 12.5. The Morgan fingerprint density at radius 3 is 2.83 bits per heavy atom. The van der Waals surface area contributed by atoms with Crippen LogP contribution in [0.4, 0.5) is 0 Å². The lowest BCUT2D eigenvalue weighted by atomic mass is 10.2. The fraction of sp³-hybridized carbons (Fsp3) is 0.375. The van der Waals surface area contributed by atoms with Gasteiger partial charge in [-0.1, -0.05) is 12.1 Å². The minimum atomic E-state index is -1.08. The van der Waals surface area contributed by atoms with Gasteiger partial charge in [0.15, 0.2) is 0 Å². The molecule has 2 atom stereocenters. The van der Waals surface area contributed by atoms with Gasteiger partial charge in [0.25, 0.3) is 5.56 Å². The van der Waals surface area contributed by atoms with Crippen molar-refractivity contribution in [2.45, 2.75) is 25.1 Å². The Labute approximate surface area is 137 Å². The zero-order valence-electron chi connectivity index (χ0n) is 13.1. The number of ether oxygens (including phenoxy) is 1. The number of benzene rings is 1. The monoisotopic (exact) mass is 331 g/mol. The number of carboxylic acid groups (broad SMARTS) is 1. The average molecular weight is 331 g/mol. The first-order valence-corrected chi connectivity index (χ1v) is 7.50. The highest BCUT2D eigenvalue weighted by molar-refractivity contribution is 5.84. The standard InChI is InChI=1S/C16H17N3O5/c1-24-10-6-13(16(22)23)19(7-10)14(20)8-18-9-17-12-5-3-2-4-11(12)15(18)21/h2-5,9-10,13H,6-8H2,1H3,(H,22,23). The average Bonchev–Trinajstić information content (AvgIpc) is 3.02. The maximum atomic E-state index is 12.5. The van der Waals surface area contributed by atoms with Gasteiger partial charge in [-0.25, -0.2) is 9.78 Å². The van der Waals surface area contributed by atoms with Gasteiger partial charge in [-0.2, -0.15) is 0 Å². The number of likely N-dealkylation sites (tertiary alicyclic amines) is 1. The summed E-state index contributed by atoms with van der Waals surface area (Å²) in [7, 11) is 1.48. The maximum Gasteiger partial charge on any atom is 0.326 e. The van der Waals surface area contributed by atoms with E-state index in [-0.39, 0.29) is 31.2 Å². The molecule has 0 spiro atoms. The second-order valence-electron chi connectivity index (χ2n) is 5.69. The third kappa shape index (κ3) is 2.88. The molecule has 0 radical (unpaired) electrons. The normalized spacial score (nSPS) is 20.5. The molecular formula is C16H17N3O5. The van der Waals surface area contributed by atoms with E-state index in [4.69, 9.17) is 4.74 Å². The van der Waals surface area contributed by atoms with Crippen molar-refractivity contribution in [2.75, 3.05) is 13.7 Å². The molecule has 1 aliphatic heterocycles. The summed E-state index contributed by atoms with van der Waals surface area (Å²) in [5.74, 6) is -1.52. The first-order valence-electron chi connectivity index (χ1n) is 7.50. The van der Waals surface area contributed by atoms with Crippen molar-refractivity contribution in [3.8, 4) is 0 Å². The Hall–Kier alpha value is -2.74. The number of aromatic nitrogens is 2. The summed E-state index contributed by atoms with van der Waals surface area (Å²) >= 11 is 0. The molecular weight excluding hydrogens is 314 g/mol. The van der Waals surface area contributed by atoms with Gasteiger partial charge in [0.1, 0.15) is 12.6 Å². The van der Waals surface area contributed by atoms with Crippen LogP contribution in [-0.4, -0.2) is 57.2 Å². The number of amides is 1. The summed E-state index contributed by atoms with van der Waals surface area (Å²) in [6.07, 6.45) is 1.23. The lowest BCUT2D eigenvalue weighted by Gasteiger charge is -2.21. The van der Waals surface area contributed by atoms with E-state index >= 15 is 0 Å². The minimum Gasteiger partial charge on any atom is -0.480 e. The molecule has 0 saturated carbocycles. The Kier molecular flexibility index (Phi) is 4.30. The smallest absolute Gasteiger partial charge is 0.326 e. The third-order valence-electron chi connectivity index (χ3n) is 4.24. The van der Waals surface area contributed by atoms with Crippen LogP contribution >= 0.6 is 0 Å². The topological polar surface area (TPSA) is 102 Å². The zero-order chi connectivity index (χ0) is 17.3. The van der Waals surface area contributed by atoms with E-state index in [0.717, 1.165) is 0 Å². The molecule has 3 rings (SSSR count). The quantitative estimate of drug-likeness (QED) is 0.852. The number of rotatable bonds is 4. The molecule has 2 heterocycles. The molecule has 1 aliphatic rings. The lowest BCUT2D eigenvalue weighted by molar-refractivity contribution is -0.148. The SMILES string of the molecule is COC1CC(C(=O)O)N(C(=O)Cn2cnc3ccccc3c2=O)C1. The minimum absolute atomic E-state index is 0.196. The van der Waals surface area contributed by atoms with Crippen LogP contribution in [0.15, 0.2) is 35.4 Å². The van der Waals surface area contributed by atoms with E-state index < -0.39 is 17.9 Å². The summed E-state index contributed by atoms with van der Waals surface area (Å²) in [5, 5.41) is 9.69. The van der Waals surface area contributed by atoms with Gasteiger partial charge in [0, 0.05) is 20.1 Å². The largest absolute Gasteiger partial charge is 0.480 e. The van der Waals surface area contributed by atoms with Crippen molar-refractivity contribution < 1.29 is 19.4 Å². The van der Waals surface area contributed by atoms with Gasteiger partial charge in [0.05, 0.1) is 23.3 Å². The molecule has 24 heavy (non-hydrogen) atoms. The summed E-state index contributed by atoms with van der Waals surface area (Å²) in [5.41, 5.74) is 0.221. The first kappa shape index (κ1) is 16.1. The molecule has 1 fully saturated rings. The second-order valence-corrected chi connectivity index (χ2v) is 5.69. The molecule has 2 unspecified atom stereocenters. The molecule has 126 valence electrons. The van der Waals surface area contributed by atoms with Gasteiger partial charge in [-0.15, -0.1) is 0 Å². The van der Waals surface area contributed by atoms with Crippen LogP contribution in [0.5, 0.6) is 0 Å². The number of carbonyl (C=O) groups excluding carboxylic acids is 1. The van der Waals surface area contributed by atoms with Crippen molar-refractivity contribution in [3.05, 3.63) is 40.9 Å². The van der Waals surface area contributed by atoms with Crippen LogP contribution in [0.2, 0.25) is 0 Å². The van der Waals surface area contributed by atoms with Gasteiger partial charge in [0.2, 0.25) is 5.91 Å². The van der Waals surface area contributed by atoms with Crippen molar-refractivity contribution in [1.29, 1.82) is 0 Å². The van der Waals surface area contributed by atoms with Crippen molar-refractivity contribution in [3.63, 3.8) is 0 Å². The lowest BCUT2D eigenvalue weighted by Crippen LogP contribution is -2.43. The van der Waals surface area contributed by atoms with Crippen LogP contribution in [-0.2, 0) is 20.9 Å². The third-order valence-corrected chi connectivity index (χ3v) is 4.24. The number of aliphatic carboxylic acids is 1. The molecule has 1 N–H and O–H groups in total.